The minimum Gasteiger partial charge on any atom is -0.314 e. The molecule has 2 aliphatic carbocycles. The van der Waals surface area contributed by atoms with Crippen LogP contribution in [0, 0.1) is 23.6 Å². The van der Waals surface area contributed by atoms with Crippen molar-refractivity contribution in [2.24, 2.45) is 17.8 Å². The summed E-state index contributed by atoms with van der Waals surface area (Å²) in [6, 6.07) is 5.73. The van der Waals surface area contributed by atoms with E-state index in [1.54, 1.807) is 12.1 Å². The SMILES string of the molecule is CCNC(Cc1cc(Br)ccc1F)C1C2CCCCC21. The number of halogens is 2. The standard InChI is InChI=1S/C17H23BrFN/c1-2-20-16(17-13-5-3-4-6-14(13)17)10-11-9-12(18)7-8-15(11)19/h7-9,13-14,16-17,20H,2-6,10H2,1H3. The predicted octanol–water partition coefficient (Wildman–Crippen LogP) is 4.55. The van der Waals surface area contributed by atoms with E-state index in [0.717, 1.165) is 40.8 Å². The van der Waals surface area contributed by atoms with Gasteiger partial charge in [-0.25, -0.2) is 4.39 Å². The van der Waals surface area contributed by atoms with Gasteiger partial charge in [-0.15, -0.1) is 0 Å². The highest BCUT2D eigenvalue weighted by molar-refractivity contribution is 9.10. The van der Waals surface area contributed by atoms with Crippen molar-refractivity contribution >= 4 is 15.9 Å². The highest BCUT2D eigenvalue weighted by Gasteiger charge is 2.53. The van der Waals surface area contributed by atoms with Crippen molar-refractivity contribution in [3.8, 4) is 0 Å². The fraction of sp³-hybridized carbons (Fsp3) is 0.647. The molecule has 1 aromatic carbocycles. The first-order valence-electron chi connectivity index (χ1n) is 7.88. The van der Waals surface area contributed by atoms with Gasteiger partial charge in [0.15, 0.2) is 0 Å². The van der Waals surface area contributed by atoms with Gasteiger partial charge in [0.2, 0.25) is 0 Å². The molecule has 0 radical (unpaired) electrons. The second-order valence-electron chi connectivity index (χ2n) is 6.29. The summed E-state index contributed by atoms with van der Waals surface area (Å²) in [6.45, 7) is 3.12. The maximum Gasteiger partial charge on any atom is 0.126 e. The van der Waals surface area contributed by atoms with Crippen LogP contribution < -0.4 is 5.32 Å². The summed E-state index contributed by atoms with van der Waals surface area (Å²) in [5.74, 6) is 2.52. The highest BCUT2D eigenvalue weighted by atomic mass is 79.9. The third kappa shape index (κ3) is 2.94. The molecule has 0 spiro atoms. The zero-order valence-electron chi connectivity index (χ0n) is 12.0. The molecule has 3 rings (SSSR count). The smallest absolute Gasteiger partial charge is 0.126 e. The summed E-state index contributed by atoms with van der Waals surface area (Å²) in [5, 5.41) is 3.61. The predicted molar refractivity (Wildman–Crippen MR) is 84.2 cm³/mol. The van der Waals surface area contributed by atoms with E-state index in [2.05, 4.69) is 28.2 Å². The van der Waals surface area contributed by atoms with Crippen LogP contribution in [0.4, 0.5) is 4.39 Å². The van der Waals surface area contributed by atoms with Crippen LogP contribution >= 0.6 is 15.9 Å². The lowest BCUT2D eigenvalue weighted by molar-refractivity contribution is 0.430. The molecular weight excluding hydrogens is 317 g/mol. The summed E-state index contributed by atoms with van der Waals surface area (Å²) in [6.07, 6.45) is 6.37. The lowest BCUT2D eigenvalue weighted by Gasteiger charge is -2.19. The molecule has 0 aliphatic heterocycles. The van der Waals surface area contributed by atoms with Crippen molar-refractivity contribution in [3.05, 3.63) is 34.1 Å². The molecule has 3 heteroatoms. The molecule has 2 fully saturated rings. The van der Waals surface area contributed by atoms with Gasteiger partial charge >= 0.3 is 0 Å². The summed E-state index contributed by atoms with van der Waals surface area (Å²) < 4.78 is 14.9. The normalized spacial score (nSPS) is 29.9. The Bertz CT molecular complexity index is 464. The van der Waals surface area contributed by atoms with Crippen LogP contribution in [0.3, 0.4) is 0 Å². The Balaban J connectivity index is 1.73. The molecule has 2 aliphatic rings. The summed E-state index contributed by atoms with van der Waals surface area (Å²) in [7, 11) is 0. The highest BCUT2D eigenvalue weighted by Crippen LogP contribution is 2.57. The molecular formula is C17H23BrFN. The lowest BCUT2D eigenvalue weighted by atomic mass is 9.99. The van der Waals surface area contributed by atoms with Crippen LogP contribution in [0.2, 0.25) is 0 Å². The Morgan fingerprint density at radius 1 is 1.30 bits per heavy atom. The van der Waals surface area contributed by atoms with E-state index in [0.29, 0.717) is 6.04 Å². The van der Waals surface area contributed by atoms with Crippen molar-refractivity contribution in [2.45, 2.75) is 45.1 Å². The molecule has 0 saturated heterocycles. The maximum atomic E-state index is 14.0. The average molecular weight is 340 g/mol. The molecule has 1 nitrogen and oxygen atoms in total. The van der Waals surface area contributed by atoms with Gasteiger partial charge < -0.3 is 5.32 Å². The molecule has 1 N–H and O–H groups in total. The third-order valence-corrected chi connectivity index (χ3v) is 5.59. The van der Waals surface area contributed by atoms with Gasteiger partial charge in [0.05, 0.1) is 0 Å². The molecule has 0 heterocycles. The van der Waals surface area contributed by atoms with Crippen LogP contribution in [0.5, 0.6) is 0 Å². The second-order valence-corrected chi connectivity index (χ2v) is 7.21. The molecule has 2 saturated carbocycles. The first-order valence-corrected chi connectivity index (χ1v) is 8.67. The molecule has 0 amide bonds. The molecule has 20 heavy (non-hydrogen) atoms. The van der Waals surface area contributed by atoms with Crippen LogP contribution in [-0.2, 0) is 6.42 Å². The van der Waals surface area contributed by atoms with Gasteiger partial charge in [-0.3, -0.25) is 0 Å². The first kappa shape index (κ1) is 14.5. The fourth-order valence-electron chi connectivity index (χ4n) is 4.19. The van der Waals surface area contributed by atoms with Gasteiger partial charge in [0.1, 0.15) is 5.82 Å². The minimum absolute atomic E-state index is 0.0697. The molecule has 1 aromatic rings. The first-order chi connectivity index (χ1) is 9.70. The molecule has 0 bridgehead atoms. The second kappa shape index (κ2) is 6.15. The average Bonchev–Trinajstić information content (AvgIpc) is 3.16. The Morgan fingerprint density at radius 3 is 2.65 bits per heavy atom. The molecule has 3 atom stereocenters. The Kier molecular flexibility index (Phi) is 4.46. The summed E-state index contributed by atoms with van der Waals surface area (Å²) in [5.41, 5.74) is 0.842. The van der Waals surface area contributed by atoms with Crippen molar-refractivity contribution in [1.82, 2.24) is 5.32 Å². The van der Waals surface area contributed by atoms with Crippen LogP contribution in [0.1, 0.15) is 38.2 Å². The Labute approximate surface area is 129 Å². The van der Waals surface area contributed by atoms with E-state index in [-0.39, 0.29) is 5.82 Å². The van der Waals surface area contributed by atoms with E-state index in [9.17, 15) is 4.39 Å². The topological polar surface area (TPSA) is 12.0 Å². The van der Waals surface area contributed by atoms with Crippen LogP contribution in [0.15, 0.2) is 22.7 Å². The Morgan fingerprint density at radius 2 is 2.00 bits per heavy atom. The number of hydrogen-bond donors (Lipinski definition) is 1. The third-order valence-electron chi connectivity index (χ3n) is 5.10. The van der Waals surface area contributed by atoms with Crippen molar-refractivity contribution in [1.29, 1.82) is 0 Å². The fourth-order valence-corrected chi connectivity index (χ4v) is 4.60. The number of likely N-dealkylation sites (N-methyl/N-ethyl adjacent to an activating group) is 1. The van der Waals surface area contributed by atoms with Gasteiger partial charge in [0, 0.05) is 10.5 Å². The van der Waals surface area contributed by atoms with Crippen molar-refractivity contribution in [2.75, 3.05) is 6.54 Å². The van der Waals surface area contributed by atoms with Gasteiger partial charge in [-0.1, -0.05) is 35.7 Å². The zero-order valence-corrected chi connectivity index (χ0v) is 13.6. The maximum absolute atomic E-state index is 14.0. The molecule has 3 unspecified atom stereocenters. The van der Waals surface area contributed by atoms with E-state index in [4.69, 9.17) is 0 Å². The van der Waals surface area contributed by atoms with Crippen molar-refractivity contribution in [3.63, 3.8) is 0 Å². The van der Waals surface area contributed by atoms with E-state index in [1.165, 1.54) is 25.7 Å². The number of benzene rings is 1. The quantitative estimate of drug-likeness (QED) is 0.829. The number of nitrogens with one attached hydrogen (secondary N) is 1. The summed E-state index contributed by atoms with van der Waals surface area (Å²) in [4.78, 5) is 0. The van der Waals surface area contributed by atoms with E-state index < -0.39 is 0 Å². The largest absolute Gasteiger partial charge is 0.314 e. The number of hydrogen-bond acceptors (Lipinski definition) is 1. The van der Waals surface area contributed by atoms with Crippen LogP contribution in [0.25, 0.3) is 0 Å². The molecule has 110 valence electrons. The Hall–Kier alpha value is -0.410. The lowest BCUT2D eigenvalue weighted by Crippen LogP contribution is -2.34. The molecule has 0 aromatic heterocycles. The van der Waals surface area contributed by atoms with E-state index in [1.807, 2.05) is 6.07 Å². The van der Waals surface area contributed by atoms with Gasteiger partial charge in [-0.05, 0) is 67.3 Å². The number of rotatable bonds is 5. The van der Waals surface area contributed by atoms with Gasteiger partial charge in [0.25, 0.3) is 0 Å². The van der Waals surface area contributed by atoms with Gasteiger partial charge in [-0.2, -0.15) is 0 Å². The number of fused-ring (bicyclic) bond motifs is 1. The minimum atomic E-state index is -0.0697. The summed E-state index contributed by atoms with van der Waals surface area (Å²) >= 11 is 3.45. The van der Waals surface area contributed by atoms with Crippen LogP contribution in [-0.4, -0.2) is 12.6 Å². The zero-order chi connectivity index (χ0) is 14.1. The van der Waals surface area contributed by atoms with E-state index >= 15 is 0 Å². The van der Waals surface area contributed by atoms with Crippen molar-refractivity contribution < 1.29 is 4.39 Å². The monoisotopic (exact) mass is 339 g/mol.